The van der Waals surface area contributed by atoms with Crippen LogP contribution >= 0.6 is 22.9 Å². The summed E-state index contributed by atoms with van der Waals surface area (Å²) in [7, 11) is 0. The molecule has 1 saturated heterocycles. The van der Waals surface area contributed by atoms with E-state index in [-0.39, 0.29) is 29.8 Å². The van der Waals surface area contributed by atoms with Crippen LogP contribution in [0.5, 0.6) is 0 Å². The van der Waals surface area contributed by atoms with Gasteiger partial charge in [0.2, 0.25) is 5.91 Å². The average molecular weight is 328 g/mol. The number of amides is 2. The number of carbonyl (C=O) groups excluding carboxylic acids is 2. The van der Waals surface area contributed by atoms with Gasteiger partial charge in [0.25, 0.3) is 5.91 Å². The van der Waals surface area contributed by atoms with Crippen LogP contribution < -0.4 is 11.1 Å². The van der Waals surface area contributed by atoms with Gasteiger partial charge < -0.3 is 16.0 Å². The Morgan fingerprint density at radius 1 is 1.33 bits per heavy atom. The Kier molecular flexibility index (Phi) is 4.19. The maximum absolute atomic E-state index is 12.2. The van der Waals surface area contributed by atoms with E-state index in [1.807, 2.05) is 4.90 Å². The normalized spacial score (nSPS) is 25.7. The van der Waals surface area contributed by atoms with Gasteiger partial charge in [-0.15, -0.1) is 11.3 Å². The summed E-state index contributed by atoms with van der Waals surface area (Å²) >= 11 is 7.08. The van der Waals surface area contributed by atoms with E-state index < -0.39 is 0 Å². The second-order valence-electron chi connectivity index (χ2n) is 5.69. The summed E-state index contributed by atoms with van der Waals surface area (Å²) in [6, 6.07) is 3.08. The van der Waals surface area contributed by atoms with E-state index in [1.165, 1.54) is 11.3 Å². The molecule has 2 amide bonds. The van der Waals surface area contributed by atoms with Crippen LogP contribution in [-0.2, 0) is 4.79 Å². The van der Waals surface area contributed by atoms with Crippen molar-refractivity contribution in [3.8, 4) is 0 Å². The number of hydrogen-bond donors (Lipinski definition) is 2. The SMILES string of the molecule is N[C@@H]1CCN(C(=O)C2CC2)C[C@@H]1NC(=O)c1ccc(Cl)s1. The second kappa shape index (κ2) is 5.94. The summed E-state index contributed by atoms with van der Waals surface area (Å²) in [6.07, 6.45) is 2.70. The largest absolute Gasteiger partial charge is 0.345 e. The molecule has 114 valence electrons. The van der Waals surface area contributed by atoms with Crippen molar-refractivity contribution in [1.82, 2.24) is 10.2 Å². The van der Waals surface area contributed by atoms with E-state index in [1.54, 1.807) is 12.1 Å². The fraction of sp³-hybridized carbons (Fsp3) is 0.571. The van der Waals surface area contributed by atoms with Crippen molar-refractivity contribution >= 4 is 34.8 Å². The number of likely N-dealkylation sites (tertiary alicyclic amines) is 1. The molecule has 0 radical (unpaired) electrons. The maximum Gasteiger partial charge on any atom is 0.261 e. The molecule has 0 aromatic carbocycles. The molecule has 7 heteroatoms. The Labute approximate surface area is 132 Å². The highest BCUT2D eigenvalue weighted by atomic mass is 35.5. The van der Waals surface area contributed by atoms with Gasteiger partial charge in [0.1, 0.15) is 0 Å². The van der Waals surface area contributed by atoms with Crippen LogP contribution in [0, 0.1) is 5.92 Å². The van der Waals surface area contributed by atoms with Crippen LogP contribution in [0.15, 0.2) is 12.1 Å². The van der Waals surface area contributed by atoms with Gasteiger partial charge in [-0.05, 0) is 31.4 Å². The highest BCUT2D eigenvalue weighted by Gasteiger charge is 2.37. The van der Waals surface area contributed by atoms with Gasteiger partial charge in [-0.25, -0.2) is 0 Å². The van der Waals surface area contributed by atoms with Crippen LogP contribution in [0.1, 0.15) is 28.9 Å². The molecule has 2 fully saturated rings. The molecule has 21 heavy (non-hydrogen) atoms. The highest BCUT2D eigenvalue weighted by molar-refractivity contribution is 7.17. The topological polar surface area (TPSA) is 75.4 Å². The number of piperidine rings is 1. The van der Waals surface area contributed by atoms with Crippen LogP contribution in [0.3, 0.4) is 0 Å². The van der Waals surface area contributed by atoms with Crippen LogP contribution in [0.2, 0.25) is 4.34 Å². The first-order valence-electron chi connectivity index (χ1n) is 7.15. The van der Waals surface area contributed by atoms with Crippen molar-refractivity contribution in [2.24, 2.45) is 11.7 Å². The first-order valence-corrected chi connectivity index (χ1v) is 8.34. The van der Waals surface area contributed by atoms with Crippen molar-refractivity contribution in [2.75, 3.05) is 13.1 Å². The molecule has 3 N–H and O–H groups in total. The molecule has 1 saturated carbocycles. The van der Waals surface area contributed by atoms with Crippen LogP contribution in [0.4, 0.5) is 0 Å². The monoisotopic (exact) mass is 327 g/mol. The number of hydrogen-bond acceptors (Lipinski definition) is 4. The fourth-order valence-electron chi connectivity index (χ4n) is 2.59. The zero-order valence-electron chi connectivity index (χ0n) is 11.5. The first kappa shape index (κ1) is 14.8. The summed E-state index contributed by atoms with van der Waals surface area (Å²) < 4.78 is 0.582. The number of nitrogens with two attached hydrogens (primary N) is 1. The van der Waals surface area contributed by atoms with Gasteiger partial charge in [-0.2, -0.15) is 0 Å². The molecule has 3 rings (SSSR count). The minimum absolute atomic E-state index is 0.118. The third-order valence-corrected chi connectivity index (χ3v) is 5.25. The smallest absolute Gasteiger partial charge is 0.261 e. The van der Waals surface area contributed by atoms with Gasteiger partial charge in [0.15, 0.2) is 0 Å². The predicted molar refractivity (Wildman–Crippen MR) is 82.5 cm³/mol. The first-order chi connectivity index (χ1) is 10.0. The maximum atomic E-state index is 12.2. The summed E-state index contributed by atoms with van der Waals surface area (Å²) in [5, 5.41) is 2.94. The lowest BCUT2D eigenvalue weighted by molar-refractivity contribution is -0.134. The quantitative estimate of drug-likeness (QED) is 0.882. The van der Waals surface area contributed by atoms with E-state index in [0.29, 0.717) is 28.7 Å². The molecular weight excluding hydrogens is 310 g/mol. The van der Waals surface area contributed by atoms with Crippen LogP contribution in [0.25, 0.3) is 0 Å². The van der Waals surface area contributed by atoms with Crippen LogP contribution in [-0.4, -0.2) is 41.9 Å². The number of halogens is 1. The molecule has 1 aromatic rings. The van der Waals surface area contributed by atoms with E-state index in [0.717, 1.165) is 12.8 Å². The standard InChI is InChI=1S/C14H18ClN3O2S/c15-12-4-3-11(21-12)13(19)17-10-7-18(6-5-9(10)16)14(20)8-1-2-8/h3-4,8-10H,1-2,5-7,16H2,(H,17,19)/t9-,10+/m1/s1. The predicted octanol–water partition coefficient (Wildman–Crippen LogP) is 1.47. The molecule has 1 aliphatic heterocycles. The van der Waals surface area contributed by atoms with Crippen molar-refractivity contribution in [2.45, 2.75) is 31.3 Å². The van der Waals surface area contributed by atoms with E-state index in [9.17, 15) is 9.59 Å². The molecule has 0 spiro atoms. The second-order valence-corrected chi connectivity index (χ2v) is 7.41. The van der Waals surface area contributed by atoms with Gasteiger partial charge >= 0.3 is 0 Å². The lowest BCUT2D eigenvalue weighted by Gasteiger charge is -2.37. The molecule has 1 aromatic heterocycles. The van der Waals surface area contributed by atoms with Gasteiger partial charge in [0, 0.05) is 25.0 Å². The van der Waals surface area contributed by atoms with Crippen molar-refractivity contribution < 1.29 is 9.59 Å². The molecule has 2 heterocycles. The lowest BCUT2D eigenvalue weighted by Crippen LogP contribution is -2.59. The van der Waals surface area contributed by atoms with Crippen molar-refractivity contribution in [1.29, 1.82) is 0 Å². The highest BCUT2D eigenvalue weighted by Crippen LogP contribution is 2.32. The summed E-state index contributed by atoms with van der Waals surface area (Å²) in [5.41, 5.74) is 6.09. The zero-order valence-corrected chi connectivity index (χ0v) is 13.1. The minimum Gasteiger partial charge on any atom is -0.345 e. The number of nitrogens with one attached hydrogen (secondary N) is 1. The Morgan fingerprint density at radius 3 is 2.71 bits per heavy atom. The van der Waals surface area contributed by atoms with Gasteiger partial charge in [-0.3, -0.25) is 9.59 Å². The third-order valence-electron chi connectivity index (χ3n) is 4.02. The number of rotatable bonds is 3. The Balaban J connectivity index is 1.62. The molecule has 0 bridgehead atoms. The molecule has 1 aliphatic carbocycles. The van der Waals surface area contributed by atoms with Gasteiger partial charge in [-0.1, -0.05) is 11.6 Å². The van der Waals surface area contributed by atoms with E-state index in [4.69, 9.17) is 17.3 Å². The van der Waals surface area contributed by atoms with Gasteiger partial charge in [0.05, 0.1) is 15.3 Å². The molecule has 2 aliphatic rings. The van der Waals surface area contributed by atoms with E-state index in [2.05, 4.69) is 5.32 Å². The molecule has 2 atom stereocenters. The molecule has 0 unspecified atom stereocenters. The average Bonchev–Trinajstić information content (AvgIpc) is 3.22. The van der Waals surface area contributed by atoms with Crippen molar-refractivity contribution in [3.63, 3.8) is 0 Å². The summed E-state index contributed by atoms with van der Waals surface area (Å²) in [5.74, 6) is 0.236. The van der Waals surface area contributed by atoms with Crippen molar-refractivity contribution in [3.05, 3.63) is 21.3 Å². The Bertz CT molecular complexity index is 558. The summed E-state index contributed by atoms with van der Waals surface area (Å²) in [4.78, 5) is 26.7. The molecular formula is C14H18ClN3O2S. The lowest BCUT2D eigenvalue weighted by atomic mass is 9.99. The number of thiophene rings is 1. The zero-order chi connectivity index (χ0) is 15.0. The number of carbonyl (C=O) groups is 2. The fourth-order valence-corrected chi connectivity index (χ4v) is 3.53. The number of nitrogens with zero attached hydrogens (tertiary/aromatic N) is 1. The Morgan fingerprint density at radius 2 is 2.10 bits per heavy atom. The molecule has 5 nitrogen and oxygen atoms in total. The summed E-state index contributed by atoms with van der Waals surface area (Å²) in [6.45, 7) is 1.19. The minimum atomic E-state index is -0.199. The van der Waals surface area contributed by atoms with E-state index >= 15 is 0 Å². The third kappa shape index (κ3) is 3.39. The Hall–Kier alpha value is -1.11.